The van der Waals surface area contributed by atoms with E-state index in [1.54, 1.807) is 0 Å². The third-order valence-electron chi connectivity index (χ3n) is 12.4. The predicted molar refractivity (Wildman–Crippen MR) is 292 cm³/mol. The van der Waals surface area contributed by atoms with Crippen molar-refractivity contribution in [2.75, 3.05) is 0 Å². The zero-order valence-corrected chi connectivity index (χ0v) is 40.4. The maximum Gasteiger partial charge on any atom is 0.171 e. The third-order valence-corrected chi connectivity index (χ3v) is 18.0. The maximum absolute atomic E-state index is 15.6. The summed E-state index contributed by atoms with van der Waals surface area (Å²) in [5.41, 5.74) is 12.3. The Kier molecular flexibility index (Phi) is 15.8. The Balaban J connectivity index is 0.000000359. The van der Waals surface area contributed by atoms with Crippen molar-refractivity contribution < 1.29 is 14.8 Å². The zero-order valence-electron chi connectivity index (χ0n) is 38.6. The summed E-state index contributed by atoms with van der Waals surface area (Å²) in [5.74, 6) is 0.400. The fourth-order valence-electron chi connectivity index (χ4n) is 9.13. The summed E-state index contributed by atoms with van der Waals surface area (Å²) in [6.07, 6.45) is 9.56. The van der Waals surface area contributed by atoms with E-state index < -0.39 is 15.1 Å². The van der Waals surface area contributed by atoms with Crippen LogP contribution in [0.1, 0.15) is 65.6 Å². The van der Waals surface area contributed by atoms with E-state index in [0.717, 1.165) is 22.3 Å². The van der Waals surface area contributed by atoms with Gasteiger partial charge in [-0.1, -0.05) is 233 Å². The second kappa shape index (κ2) is 22.0. The molecule has 3 unspecified atom stereocenters. The van der Waals surface area contributed by atoms with Crippen molar-refractivity contribution >= 4 is 93.5 Å². The number of benzene rings is 9. The second-order valence-electron chi connectivity index (χ2n) is 16.2. The summed E-state index contributed by atoms with van der Waals surface area (Å²) in [5, 5.41) is 11.7. The Bertz CT molecular complexity index is 3260. The van der Waals surface area contributed by atoms with E-state index in [1.165, 1.54) is 76.4 Å². The topological polar surface area (TPSA) is 65.6 Å². The van der Waals surface area contributed by atoms with Gasteiger partial charge in [0.25, 0.3) is 0 Å². The average Bonchev–Trinajstić information content (AvgIpc) is 4.04. The normalized spacial score (nSPS) is 13.9. The van der Waals surface area contributed by atoms with Crippen molar-refractivity contribution in [1.29, 1.82) is 0 Å². The van der Waals surface area contributed by atoms with Gasteiger partial charge >= 0.3 is 0 Å². The van der Waals surface area contributed by atoms with Crippen LogP contribution in [-0.4, -0.2) is 12.3 Å². The molecule has 0 spiro atoms. The molecule has 0 aromatic heterocycles. The van der Waals surface area contributed by atoms with Crippen molar-refractivity contribution in [1.82, 2.24) is 0 Å². The quantitative estimate of drug-likeness (QED) is 0.113. The zero-order chi connectivity index (χ0) is 46.0. The van der Waals surface area contributed by atoms with Crippen molar-refractivity contribution in [3.05, 3.63) is 251 Å². The van der Waals surface area contributed by atoms with Crippen LogP contribution in [0, 0.1) is 6.92 Å². The first-order valence-corrected chi connectivity index (χ1v) is 25.7. The molecule has 2 N–H and O–H groups in total. The van der Waals surface area contributed by atoms with Gasteiger partial charge in [-0.15, -0.1) is 5.73 Å². The third kappa shape index (κ3) is 9.80. The molecule has 3 atom stereocenters. The highest BCUT2D eigenvalue weighted by Crippen LogP contribution is 2.44. The fourth-order valence-corrected chi connectivity index (χ4v) is 14.4. The SMILES string of the molecule is C=O.CC.CC1C=Cc2c1cccc2P(c1ccc(P(=O)(c2ccccc2)c2ccc(Cc3cccc4c3C=C=C4)cc2)cc1)c1cccc2ccccc12.Cc1cccc2ccccc12.O. The lowest BCUT2D eigenvalue weighted by Gasteiger charge is -2.25. The number of carbonyl (C=O) groups is 1. The van der Waals surface area contributed by atoms with Crippen LogP contribution < -0.4 is 31.8 Å². The van der Waals surface area contributed by atoms with Gasteiger partial charge in [0.05, 0.1) is 0 Å². The Morgan fingerprint density at radius 1 is 0.552 bits per heavy atom. The van der Waals surface area contributed by atoms with Crippen molar-refractivity contribution in [2.24, 2.45) is 0 Å². The number of hydrogen-bond donors (Lipinski definition) is 0. The van der Waals surface area contributed by atoms with E-state index in [4.69, 9.17) is 4.79 Å². The van der Waals surface area contributed by atoms with Crippen LogP contribution in [0.5, 0.6) is 0 Å². The van der Waals surface area contributed by atoms with Crippen molar-refractivity contribution in [2.45, 2.75) is 40.0 Å². The van der Waals surface area contributed by atoms with Crippen LogP contribution in [0.3, 0.4) is 0 Å². The van der Waals surface area contributed by atoms with Crippen LogP contribution in [0.2, 0.25) is 0 Å². The van der Waals surface area contributed by atoms with Gasteiger partial charge in [0.1, 0.15) is 6.79 Å². The molecule has 9 aromatic rings. The average molecular weight is 911 g/mol. The van der Waals surface area contributed by atoms with Crippen molar-refractivity contribution in [3.63, 3.8) is 0 Å². The number of rotatable bonds is 8. The van der Waals surface area contributed by atoms with Gasteiger partial charge in [0, 0.05) is 15.9 Å². The number of aryl methyl sites for hydroxylation is 1. The number of hydrogen-bond acceptors (Lipinski definition) is 2. The van der Waals surface area contributed by atoms with Crippen molar-refractivity contribution in [3.8, 4) is 0 Å². The van der Waals surface area contributed by atoms with Gasteiger partial charge in [0.15, 0.2) is 7.14 Å². The maximum atomic E-state index is 15.6. The molecule has 5 heteroatoms. The van der Waals surface area contributed by atoms with Gasteiger partial charge in [0.2, 0.25) is 0 Å². The van der Waals surface area contributed by atoms with E-state index in [1.807, 2.05) is 57.0 Å². The summed E-state index contributed by atoms with van der Waals surface area (Å²) >= 11 is 0. The van der Waals surface area contributed by atoms with Gasteiger partial charge in [-0.3, -0.25) is 0 Å². The molecular weight excluding hydrogens is 855 g/mol. The molecule has 332 valence electrons. The first-order chi connectivity index (χ1) is 32.5. The minimum Gasteiger partial charge on any atom is -0.412 e. The summed E-state index contributed by atoms with van der Waals surface area (Å²) in [7, 11) is -4.08. The Morgan fingerprint density at radius 2 is 1.10 bits per heavy atom. The Hall–Kier alpha value is -6.95. The van der Waals surface area contributed by atoms with Gasteiger partial charge < -0.3 is 14.8 Å². The highest BCUT2D eigenvalue weighted by Gasteiger charge is 2.31. The van der Waals surface area contributed by atoms with Crippen LogP contribution in [0.25, 0.3) is 39.8 Å². The highest BCUT2D eigenvalue weighted by atomic mass is 31.2. The largest absolute Gasteiger partial charge is 0.412 e. The van der Waals surface area contributed by atoms with E-state index in [9.17, 15) is 0 Å². The molecule has 67 heavy (non-hydrogen) atoms. The first-order valence-electron chi connectivity index (χ1n) is 22.7. The highest BCUT2D eigenvalue weighted by molar-refractivity contribution is 7.85. The molecule has 2 aliphatic rings. The lowest BCUT2D eigenvalue weighted by Crippen LogP contribution is -2.27. The fraction of sp³-hybridized carbons (Fsp3) is 0.0968. The first kappa shape index (κ1) is 48.0. The molecule has 0 saturated carbocycles. The van der Waals surface area contributed by atoms with Crippen LogP contribution in [0.15, 0.2) is 212 Å². The molecule has 11 rings (SSSR count). The van der Waals surface area contributed by atoms with E-state index in [0.29, 0.717) is 5.92 Å². The van der Waals surface area contributed by atoms with E-state index in [-0.39, 0.29) is 5.48 Å². The molecule has 0 radical (unpaired) electrons. The Labute approximate surface area is 397 Å². The molecule has 2 aliphatic carbocycles. The van der Waals surface area contributed by atoms with E-state index in [2.05, 4.69) is 208 Å². The summed E-state index contributed by atoms with van der Waals surface area (Å²) < 4.78 is 15.6. The number of allylic oxidation sites excluding steroid dienone is 1. The minimum atomic E-state index is -3.17. The van der Waals surface area contributed by atoms with Crippen LogP contribution in [0.4, 0.5) is 0 Å². The molecule has 0 fully saturated rings. The Morgan fingerprint density at radius 3 is 1.81 bits per heavy atom. The molecule has 0 saturated heterocycles. The summed E-state index contributed by atoms with van der Waals surface area (Å²) in [4.78, 5) is 8.00. The monoisotopic (exact) mass is 910 g/mol. The van der Waals surface area contributed by atoms with Crippen LogP contribution in [-0.2, 0) is 15.8 Å². The molecule has 0 aliphatic heterocycles. The lowest BCUT2D eigenvalue weighted by molar-refractivity contribution is -0.0980. The van der Waals surface area contributed by atoms with Gasteiger partial charge in [-0.2, -0.15) is 0 Å². The van der Waals surface area contributed by atoms with Gasteiger partial charge in [-0.05, 0) is 116 Å². The predicted octanol–water partition coefficient (Wildman–Crippen LogP) is 12.8. The number of carbonyl (C=O) groups excluding carboxylic acids is 1. The molecule has 0 heterocycles. The van der Waals surface area contributed by atoms with Crippen LogP contribution >= 0.6 is 15.1 Å². The number of fused-ring (bicyclic) bond motifs is 4. The molecule has 0 bridgehead atoms. The van der Waals surface area contributed by atoms with Gasteiger partial charge in [-0.25, -0.2) is 0 Å². The molecule has 9 aromatic carbocycles. The smallest absolute Gasteiger partial charge is 0.171 e. The molecule has 3 nitrogen and oxygen atoms in total. The summed E-state index contributed by atoms with van der Waals surface area (Å²) in [6, 6.07) is 70.7. The summed E-state index contributed by atoms with van der Waals surface area (Å²) in [6.45, 7) is 10.4. The standard InChI is InChI=1S/C48H36OP2.C11H10.C2H6.CH2O.H2O/c1-34-23-32-46-43(34)19-10-22-48(46)50(47-21-9-14-37-11-5-6-18-45(37)47)39-26-30-42(31-27-39)51(49,40-16-3-2-4-17-40)41-28-24-35(25-29-41)33-38-15-7-12-36-13-8-20-44(36)38;1-9-5-4-7-10-6-2-3-8-11(9)10;2*1-2;/h2-7,9-32,34H,33H2,1H3;2-8H,1H3;1-2H3;1H2;1H2. The van der Waals surface area contributed by atoms with E-state index >= 15 is 4.57 Å². The molecular formula is C62H56O3P2. The molecule has 0 amide bonds. The lowest BCUT2D eigenvalue weighted by atomic mass is 9.97. The minimum absolute atomic E-state index is 0. The second-order valence-corrected chi connectivity index (χ2v) is 21.2.